The van der Waals surface area contributed by atoms with Crippen LogP contribution in [0.15, 0.2) is 36.4 Å². The number of para-hydroxylation sites is 1. The first-order valence-corrected chi connectivity index (χ1v) is 7.13. The second kappa shape index (κ2) is 6.71. The van der Waals surface area contributed by atoms with Gasteiger partial charge in [-0.1, -0.05) is 34.1 Å². The molecule has 1 aromatic carbocycles. The molecule has 0 aliphatic heterocycles. The number of alkyl halides is 1. The minimum Gasteiger partial charge on any atom is -0.383 e. The average molecular weight is 309 g/mol. The maximum atomic E-state index is 5.14. The van der Waals surface area contributed by atoms with Gasteiger partial charge in [0.15, 0.2) is 0 Å². The smallest absolute Gasteiger partial charge is 0.129 e. The molecule has 0 amide bonds. The molecule has 0 saturated carbocycles. The molecule has 1 aromatic heterocycles. The van der Waals surface area contributed by atoms with Crippen molar-refractivity contribution in [1.82, 2.24) is 4.98 Å². The largest absolute Gasteiger partial charge is 0.383 e. The van der Waals surface area contributed by atoms with Crippen LogP contribution in [-0.2, 0) is 4.74 Å². The van der Waals surface area contributed by atoms with Gasteiger partial charge in [0.1, 0.15) is 5.82 Å². The van der Waals surface area contributed by atoms with Crippen LogP contribution >= 0.6 is 15.9 Å². The fourth-order valence-corrected chi connectivity index (χ4v) is 2.30. The first-order chi connectivity index (χ1) is 8.85. The molecule has 0 unspecified atom stereocenters. The van der Waals surface area contributed by atoms with Gasteiger partial charge in [0.2, 0.25) is 0 Å². The summed E-state index contributed by atoms with van der Waals surface area (Å²) in [7, 11) is 1.72. The molecule has 2 aromatic rings. The minimum atomic E-state index is 0.710. The molecule has 96 valence electrons. The van der Waals surface area contributed by atoms with Gasteiger partial charge in [-0.25, -0.2) is 4.98 Å². The number of rotatable bonds is 6. The highest BCUT2D eigenvalue weighted by Gasteiger charge is 2.07. The van der Waals surface area contributed by atoms with Crippen LogP contribution in [0.3, 0.4) is 0 Å². The Morgan fingerprint density at radius 2 is 2.00 bits per heavy atom. The molecule has 0 radical (unpaired) electrons. The summed E-state index contributed by atoms with van der Waals surface area (Å²) in [5, 5.41) is 2.09. The van der Waals surface area contributed by atoms with Crippen molar-refractivity contribution in [3.63, 3.8) is 0 Å². The lowest BCUT2D eigenvalue weighted by Gasteiger charge is -2.22. The number of pyridine rings is 1. The molecule has 0 aliphatic carbocycles. The van der Waals surface area contributed by atoms with Gasteiger partial charge in [0.05, 0.1) is 12.1 Å². The van der Waals surface area contributed by atoms with Crippen molar-refractivity contribution in [3.05, 3.63) is 36.4 Å². The highest BCUT2D eigenvalue weighted by Crippen LogP contribution is 2.17. The molecule has 1 heterocycles. The van der Waals surface area contributed by atoms with Gasteiger partial charge >= 0.3 is 0 Å². The van der Waals surface area contributed by atoms with Crippen LogP contribution in [0.4, 0.5) is 5.82 Å². The van der Waals surface area contributed by atoms with Crippen molar-refractivity contribution in [3.8, 4) is 0 Å². The van der Waals surface area contributed by atoms with Crippen molar-refractivity contribution in [2.24, 2.45) is 0 Å². The summed E-state index contributed by atoms with van der Waals surface area (Å²) >= 11 is 3.48. The Labute approximate surface area is 116 Å². The van der Waals surface area contributed by atoms with E-state index in [1.807, 2.05) is 18.2 Å². The summed E-state index contributed by atoms with van der Waals surface area (Å²) in [5.74, 6) is 1.00. The molecule has 0 fully saturated rings. The number of anilines is 1. The average Bonchev–Trinajstić information content (AvgIpc) is 2.43. The number of hydrogen-bond acceptors (Lipinski definition) is 3. The van der Waals surface area contributed by atoms with Crippen LogP contribution < -0.4 is 4.90 Å². The summed E-state index contributed by atoms with van der Waals surface area (Å²) in [5.41, 5.74) is 1.03. The second-order valence-corrected chi connectivity index (χ2v) is 4.82. The van der Waals surface area contributed by atoms with E-state index in [9.17, 15) is 0 Å². The Kier molecular flexibility index (Phi) is 4.96. The fourth-order valence-electron chi connectivity index (χ4n) is 1.88. The Balaban J connectivity index is 2.25. The van der Waals surface area contributed by atoms with Crippen molar-refractivity contribution in [2.45, 2.75) is 0 Å². The lowest BCUT2D eigenvalue weighted by molar-refractivity contribution is 0.205. The number of hydrogen-bond donors (Lipinski definition) is 0. The van der Waals surface area contributed by atoms with Crippen LogP contribution in [0.5, 0.6) is 0 Å². The van der Waals surface area contributed by atoms with Crippen molar-refractivity contribution in [1.29, 1.82) is 0 Å². The van der Waals surface area contributed by atoms with Gasteiger partial charge in [-0.3, -0.25) is 0 Å². The first-order valence-electron chi connectivity index (χ1n) is 6.01. The molecule has 0 spiro atoms. The molecule has 0 aliphatic rings. The van der Waals surface area contributed by atoms with Crippen LogP contribution in [0.25, 0.3) is 10.9 Å². The van der Waals surface area contributed by atoms with Gasteiger partial charge in [-0.05, 0) is 18.2 Å². The third-order valence-corrected chi connectivity index (χ3v) is 3.18. The van der Waals surface area contributed by atoms with Crippen LogP contribution in [0.1, 0.15) is 0 Å². The Morgan fingerprint density at radius 1 is 1.17 bits per heavy atom. The summed E-state index contributed by atoms with van der Waals surface area (Å²) < 4.78 is 5.14. The number of methoxy groups -OCH3 is 1. The molecular formula is C14H17BrN2O. The highest BCUT2D eigenvalue weighted by molar-refractivity contribution is 9.09. The van der Waals surface area contributed by atoms with Crippen LogP contribution in [-0.4, -0.2) is 37.1 Å². The SMILES string of the molecule is COCCN(CCBr)c1ccc2ccccc2n1. The minimum absolute atomic E-state index is 0.710. The van der Waals surface area contributed by atoms with E-state index in [1.54, 1.807) is 7.11 Å². The number of ether oxygens (including phenoxy) is 1. The Hall–Kier alpha value is -1.13. The number of fused-ring (bicyclic) bond motifs is 1. The lowest BCUT2D eigenvalue weighted by atomic mass is 10.2. The molecule has 2 rings (SSSR count). The topological polar surface area (TPSA) is 25.4 Å². The standard InChI is InChI=1S/C14H17BrN2O/c1-18-11-10-17(9-8-15)14-7-6-12-4-2-3-5-13(12)16-14/h2-7H,8-11H2,1H3. The zero-order valence-corrected chi connectivity index (χ0v) is 12.1. The summed E-state index contributed by atoms with van der Waals surface area (Å²) in [6.07, 6.45) is 0. The summed E-state index contributed by atoms with van der Waals surface area (Å²) in [6, 6.07) is 12.4. The lowest BCUT2D eigenvalue weighted by Crippen LogP contribution is -2.29. The third kappa shape index (κ3) is 3.21. The molecule has 0 atom stereocenters. The monoisotopic (exact) mass is 308 g/mol. The van der Waals surface area contributed by atoms with Gasteiger partial charge in [-0.2, -0.15) is 0 Å². The van der Waals surface area contributed by atoms with E-state index >= 15 is 0 Å². The van der Waals surface area contributed by atoms with Crippen molar-refractivity contribution < 1.29 is 4.74 Å². The quantitative estimate of drug-likeness (QED) is 0.767. The van der Waals surface area contributed by atoms with Gasteiger partial charge in [0, 0.05) is 30.9 Å². The zero-order valence-electron chi connectivity index (χ0n) is 10.5. The Bertz CT molecular complexity index is 504. The molecule has 3 nitrogen and oxygen atoms in total. The molecule has 0 N–H and O–H groups in total. The Morgan fingerprint density at radius 3 is 2.78 bits per heavy atom. The molecule has 0 saturated heterocycles. The summed E-state index contributed by atoms with van der Waals surface area (Å²) in [6.45, 7) is 2.49. The van der Waals surface area contributed by atoms with E-state index in [1.165, 1.54) is 5.39 Å². The van der Waals surface area contributed by atoms with Gasteiger partial charge in [-0.15, -0.1) is 0 Å². The molecule has 0 bridgehead atoms. The maximum absolute atomic E-state index is 5.14. The maximum Gasteiger partial charge on any atom is 0.129 e. The molecule has 18 heavy (non-hydrogen) atoms. The van der Waals surface area contributed by atoms with Gasteiger partial charge < -0.3 is 9.64 Å². The van der Waals surface area contributed by atoms with E-state index in [4.69, 9.17) is 9.72 Å². The van der Waals surface area contributed by atoms with E-state index in [0.29, 0.717) is 6.61 Å². The second-order valence-electron chi connectivity index (χ2n) is 4.03. The normalized spacial score (nSPS) is 10.8. The zero-order chi connectivity index (χ0) is 12.8. The van der Waals surface area contributed by atoms with E-state index < -0.39 is 0 Å². The van der Waals surface area contributed by atoms with Gasteiger partial charge in [0.25, 0.3) is 0 Å². The van der Waals surface area contributed by atoms with E-state index in [-0.39, 0.29) is 0 Å². The van der Waals surface area contributed by atoms with E-state index in [0.717, 1.165) is 29.8 Å². The molecular weight excluding hydrogens is 292 g/mol. The first kappa shape index (κ1) is 13.3. The third-order valence-electron chi connectivity index (χ3n) is 2.83. The summed E-state index contributed by atoms with van der Waals surface area (Å²) in [4.78, 5) is 6.92. The van der Waals surface area contributed by atoms with Crippen LogP contribution in [0, 0.1) is 0 Å². The number of aromatic nitrogens is 1. The number of benzene rings is 1. The van der Waals surface area contributed by atoms with Crippen LogP contribution in [0.2, 0.25) is 0 Å². The van der Waals surface area contributed by atoms with E-state index in [2.05, 4.69) is 39.0 Å². The molecule has 4 heteroatoms. The van der Waals surface area contributed by atoms with Crippen molar-refractivity contribution in [2.75, 3.05) is 37.0 Å². The number of halogens is 1. The predicted octanol–water partition coefficient (Wildman–Crippen LogP) is 3.08. The predicted molar refractivity (Wildman–Crippen MR) is 79.6 cm³/mol. The fraction of sp³-hybridized carbons (Fsp3) is 0.357. The highest BCUT2D eigenvalue weighted by atomic mass is 79.9. The van der Waals surface area contributed by atoms with Crippen molar-refractivity contribution >= 4 is 32.7 Å². The number of nitrogens with zero attached hydrogens (tertiary/aromatic N) is 2.